The maximum atomic E-state index is 10.9. The zero-order chi connectivity index (χ0) is 15.7. The topological polar surface area (TPSA) is 60.7 Å². The lowest BCUT2D eigenvalue weighted by atomic mass is 9.47. The van der Waals surface area contributed by atoms with Crippen molar-refractivity contribution in [2.45, 2.75) is 77.1 Å². The fourth-order valence-electron chi connectivity index (χ4n) is 6.60. The van der Waals surface area contributed by atoms with E-state index < -0.39 is 6.10 Å². The third-order valence-electron chi connectivity index (χ3n) is 8.05. The van der Waals surface area contributed by atoms with Crippen LogP contribution in [0.1, 0.15) is 58.8 Å². The fraction of sp³-hybridized carbons (Fsp3) is 0.895. The quantitative estimate of drug-likeness (QED) is 0.603. The Morgan fingerprint density at radius 3 is 2.50 bits per heavy atom. The Morgan fingerprint density at radius 1 is 0.955 bits per heavy atom. The molecule has 8 atom stereocenters. The lowest BCUT2D eigenvalue weighted by Gasteiger charge is -2.58. The lowest BCUT2D eigenvalue weighted by Crippen LogP contribution is -2.55. The van der Waals surface area contributed by atoms with E-state index >= 15 is 0 Å². The first-order valence-electron chi connectivity index (χ1n) is 9.11. The molecule has 3 fully saturated rings. The highest BCUT2D eigenvalue weighted by atomic mass is 16.3. The molecule has 4 aliphatic rings. The van der Waals surface area contributed by atoms with Gasteiger partial charge in [0.1, 0.15) is 0 Å². The SMILES string of the molecule is CC12CC[C@H](O)CC1=C[C@H](O)[C@@H]1[C@@H]2CCC2(C)[C@@H](O)CC[C@@H]12. The second-order valence-corrected chi connectivity index (χ2v) is 8.92. The summed E-state index contributed by atoms with van der Waals surface area (Å²) in [6.45, 7) is 4.60. The molecule has 4 rings (SSSR count). The summed E-state index contributed by atoms with van der Waals surface area (Å²) < 4.78 is 0. The standard InChI is InChI=1S/C19H30O3/c1-18-7-5-12(20)9-11(18)10-15(21)17-13-3-4-16(22)19(13,2)8-6-14(17)18/h10,12-17,20-22H,3-9H2,1-2H3/t12-,13-,14-,15-,16-,17-,18?,19?/m0/s1. The minimum atomic E-state index is -0.395. The Morgan fingerprint density at radius 2 is 1.73 bits per heavy atom. The van der Waals surface area contributed by atoms with Gasteiger partial charge >= 0.3 is 0 Å². The molecule has 124 valence electrons. The van der Waals surface area contributed by atoms with Crippen LogP contribution in [0.3, 0.4) is 0 Å². The monoisotopic (exact) mass is 306 g/mol. The van der Waals surface area contributed by atoms with Crippen LogP contribution in [0.25, 0.3) is 0 Å². The van der Waals surface area contributed by atoms with E-state index in [4.69, 9.17) is 0 Å². The maximum absolute atomic E-state index is 10.9. The molecule has 3 heteroatoms. The smallest absolute Gasteiger partial charge is 0.0757 e. The summed E-state index contributed by atoms with van der Waals surface area (Å²) in [7, 11) is 0. The highest BCUT2D eigenvalue weighted by molar-refractivity contribution is 5.27. The largest absolute Gasteiger partial charge is 0.393 e. The van der Waals surface area contributed by atoms with Crippen molar-refractivity contribution in [2.24, 2.45) is 28.6 Å². The molecule has 3 nitrogen and oxygen atoms in total. The maximum Gasteiger partial charge on any atom is 0.0757 e. The van der Waals surface area contributed by atoms with E-state index in [2.05, 4.69) is 19.9 Å². The van der Waals surface area contributed by atoms with Crippen molar-refractivity contribution in [1.29, 1.82) is 0 Å². The third-order valence-corrected chi connectivity index (χ3v) is 8.05. The van der Waals surface area contributed by atoms with Crippen LogP contribution in [-0.2, 0) is 0 Å². The van der Waals surface area contributed by atoms with Crippen molar-refractivity contribution >= 4 is 0 Å². The van der Waals surface area contributed by atoms with Crippen molar-refractivity contribution in [1.82, 2.24) is 0 Å². The van der Waals surface area contributed by atoms with Crippen molar-refractivity contribution in [3.63, 3.8) is 0 Å². The minimum Gasteiger partial charge on any atom is -0.393 e. The Bertz CT molecular complexity index is 501. The number of aliphatic hydroxyl groups excluding tert-OH is 3. The van der Waals surface area contributed by atoms with Crippen LogP contribution in [0.2, 0.25) is 0 Å². The van der Waals surface area contributed by atoms with Crippen molar-refractivity contribution in [3.05, 3.63) is 11.6 Å². The van der Waals surface area contributed by atoms with Gasteiger partial charge < -0.3 is 15.3 Å². The average Bonchev–Trinajstić information content (AvgIpc) is 2.77. The summed E-state index contributed by atoms with van der Waals surface area (Å²) in [5.74, 6) is 1.25. The first-order chi connectivity index (χ1) is 10.4. The Balaban J connectivity index is 1.73. The Kier molecular flexibility index (Phi) is 3.32. The molecule has 0 bridgehead atoms. The number of hydrogen-bond acceptors (Lipinski definition) is 3. The van der Waals surface area contributed by atoms with E-state index in [0.717, 1.165) is 44.9 Å². The summed E-state index contributed by atoms with van der Waals surface area (Å²) in [5, 5.41) is 31.3. The van der Waals surface area contributed by atoms with Gasteiger partial charge in [-0.05, 0) is 73.5 Å². The van der Waals surface area contributed by atoms with Crippen molar-refractivity contribution < 1.29 is 15.3 Å². The van der Waals surface area contributed by atoms with E-state index in [1.807, 2.05) is 0 Å². The van der Waals surface area contributed by atoms with Gasteiger partial charge in [0.15, 0.2) is 0 Å². The van der Waals surface area contributed by atoms with Gasteiger partial charge in [-0.3, -0.25) is 0 Å². The molecule has 22 heavy (non-hydrogen) atoms. The molecule has 3 N–H and O–H groups in total. The van der Waals surface area contributed by atoms with Crippen LogP contribution >= 0.6 is 0 Å². The summed E-state index contributed by atoms with van der Waals surface area (Å²) in [6.07, 6.45) is 8.05. The Hall–Kier alpha value is -0.380. The average molecular weight is 306 g/mol. The molecule has 2 unspecified atom stereocenters. The second kappa shape index (κ2) is 4.81. The fourth-order valence-corrected chi connectivity index (χ4v) is 6.60. The third kappa shape index (κ3) is 1.85. The Labute approximate surface area is 133 Å². The van der Waals surface area contributed by atoms with Crippen LogP contribution in [0, 0.1) is 28.6 Å². The highest BCUT2D eigenvalue weighted by Crippen LogP contribution is 2.64. The molecule has 0 heterocycles. The first kappa shape index (κ1) is 15.2. The molecular weight excluding hydrogens is 276 g/mol. The predicted octanol–water partition coefficient (Wildman–Crippen LogP) is 2.64. The zero-order valence-corrected chi connectivity index (χ0v) is 13.8. The van der Waals surface area contributed by atoms with Gasteiger partial charge in [-0.15, -0.1) is 0 Å². The molecule has 4 aliphatic carbocycles. The summed E-state index contributed by atoms with van der Waals surface area (Å²) in [6, 6.07) is 0. The molecule has 0 saturated heterocycles. The summed E-state index contributed by atoms with van der Waals surface area (Å²) in [5.41, 5.74) is 1.44. The van der Waals surface area contributed by atoms with Gasteiger partial charge in [-0.2, -0.15) is 0 Å². The molecule has 0 aromatic rings. The lowest BCUT2D eigenvalue weighted by molar-refractivity contribution is -0.105. The van der Waals surface area contributed by atoms with Gasteiger partial charge in [0.2, 0.25) is 0 Å². The second-order valence-electron chi connectivity index (χ2n) is 8.92. The van der Waals surface area contributed by atoms with Crippen LogP contribution in [0.5, 0.6) is 0 Å². The van der Waals surface area contributed by atoms with Crippen LogP contribution < -0.4 is 0 Å². The van der Waals surface area contributed by atoms with E-state index in [1.165, 1.54) is 5.57 Å². The number of rotatable bonds is 0. The minimum absolute atomic E-state index is 0.00195. The predicted molar refractivity (Wildman–Crippen MR) is 85.1 cm³/mol. The number of aliphatic hydroxyl groups is 3. The van der Waals surface area contributed by atoms with Gasteiger partial charge in [0.05, 0.1) is 18.3 Å². The van der Waals surface area contributed by atoms with E-state index in [9.17, 15) is 15.3 Å². The van der Waals surface area contributed by atoms with Crippen LogP contribution in [-0.4, -0.2) is 33.6 Å². The number of hydrogen-bond donors (Lipinski definition) is 3. The van der Waals surface area contributed by atoms with Crippen molar-refractivity contribution in [2.75, 3.05) is 0 Å². The van der Waals surface area contributed by atoms with E-state index in [1.54, 1.807) is 0 Å². The molecule has 3 saturated carbocycles. The summed E-state index contributed by atoms with van der Waals surface area (Å²) in [4.78, 5) is 0. The van der Waals surface area contributed by atoms with Gasteiger partial charge in [0.25, 0.3) is 0 Å². The molecular formula is C19H30O3. The van der Waals surface area contributed by atoms with Crippen LogP contribution in [0.15, 0.2) is 11.6 Å². The summed E-state index contributed by atoms with van der Waals surface area (Å²) >= 11 is 0. The molecule has 0 aromatic heterocycles. The van der Waals surface area contributed by atoms with E-state index in [0.29, 0.717) is 17.8 Å². The molecule has 0 aliphatic heterocycles. The highest BCUT2D eigenvalue weighted by Gasteiger charge is 2.60. The number of fused-ring (bicyclic) bond motifs is 5. The molecule has 0 radical (unpaired) electrons. The van der Waals surface area contributed by atoms with Gasteiger partial charge in [0, 0.05) is 0 Å². The first-order valence-corrected chi connectivity index (χ1v) is 9.11. The van der Waals surface area contributed by atoms with Gasteiger partial charge in [-0.25, -0.2) is 0 Å². The molecule has 0 amide bonds. The molecule has 0 spiro atoms. The van der Waals surface area contributed by atoms with E-state index in [-0.39, 0.29) is 23.0 Å². The molecule has 0 aromatic carbocycles. The zero-order valence-electron chi connectivity index (χ0n) is 13.8. The van der Waals surface area contributed by atoms with Crippen molar-refractivity contribution in [3.8, 4) is 0 Å². The normalized spacial score (nSPS) is 57.6. The van der Waals surface area contributed by atoms with Gasteiger partial charge in [-0.1, -0.05) is 25.5 Å². The van der Waals surface area contributed by atoms with Crippen LogP contribution in [0.4, 0.5) is 0 Å².